The number of rotatable bonds is 8. The molecular formula is C28H42FNO2. The summed E-state index contributed by atoms with van der Waals surface area (Å²) in [5.74, 6) is 0.812. The number of hydrogen-bond donors (Lipinski definition) is 1. The highest BCUT2D eigenvalue weighted by atomic mass is 19.1. The Bertz CT molecular complexity index is 706. The number of benzene rings is 1. The van der Waals surface area contributed by atoms with Crippen molar-refractivity contribution >= 4 is 5.97 Å². The number of carboxylic acid groups (broad SMARTS) is 1. The molecule has 3 nitrogen and oxygen atoms in total. The minimum atomic E-state index is -0.719. The van der Waals surface area contributed by atoms with Crippen LogP contribution >= 0.6 is 0 Å². The van der Waals surface area contributed by atoms with Crippen LogP contribution in [0.25, 0.3) is 0 Å². The summed E-state index contributed by atoms with van der Waals surface area (Å²) >= 11 is 0. The fraction of sp³-hybridized carbons (Fsp3) is 0.750. The van der Waals surface area contributed by atoms with Gasteiger partial charge in [-0.05, 0) is 74.0 Å². The highest BCUT2D eigenvalue weighted by Crippen LogP contribution is 2.44. The minimum absolute atomic E-state index is 0.0910. The van der Waals surface area contributed by atoms with Gasteiger partial charge in [0.15, 0.2) is 0 Å². The van der Waals surface area contributed by atoms with Crippen molar-refractivity contribution in [1.82, 2.24) is 4.90 Å². The standard InChI is InChI=1S/C28H42FNO2/c29-25-15-7-13-23(17-25)28-24(18-27(31)32)14-8-16-26(28)30(19-21-9-3-1-4-10-21)20-22-11-5-2-6-12-22/h7,13,15,17,21-22,24,26,28H,1-6,8-12,14,16,18-20H2,(H,31,32). The number of halogens is 1. The van der Waals surface area contributed by atoms with Crippen molar-refractivity contribution in [3.05, 3.63) is 35.6 Å². The summed E-state index contributed by atoms with van der Waals surface area (Å²) in [6, 6.07) is 7.37. The minimum Gasteiger partial charge on any atom is -0.481 e. The maximum Gasteiger partial charge on any atom is 0.303 e. The third-order valence-electron chi connectivity index (χ3n) is 8.57. The van der Waals surface area contributed by atoms with E-state index in [1.165, 1.54) is 70.3 Å². The summed E-state index contributed by atoms with van der Waals surface area (Å²) in [5, 5.41) is 9.64. The zero-order valence-electron chi connectivity index (χ0n) is 19.7. The normalized spacial score (nSPS) is 28.1. The Morgan fingerprint density at radius 1 is 0.875 bits per heavy atom. The van der Waals surface area contributed by atoms with Crippen LogP contribution in [0.4, 0.5) is 4.39 Å². The van der Waals surface area contributed by atoms with Gasteiger partial charge in [-0.15, -0.1) is 0 Å². The Balaban J connectivity index is 1.61. The van der Waals surface area contributed by atoms with Gasteiger partial charge in [-0.25, -0.2) is 4.39 Å². The molecule has 178 valence electrons. The van der Waals surface area contributed by atoms with E-state index < -0.39 is 5.97 Å². The van der Waals surface area contributed by atoms with Crippen molar-refractivity contribution in [3.8, 4) is 0 Å². The zero-order valence-corrected chi connectivity index (χ0v) is 19.7. The van der Waals surface area contributed by atoms with Crippen LogP contribution in [-0.4, -0.2) is 35.1 Å². The summed E-state index contributed by atoms with van der Waals surface area (Å²) < 4.78 is 14.3. The molecule has 0 spiro atoms. The summed E-state index contributed by atoms with van der Waals surface area (Å²) in [7, 11) is 0. The molecule has 3 atom stereocenters. The summed E-state index contributed by atoms with van der Waals surface area (Å²) in [5.41, 5.74) is 1.01. The van der Waals surface area contributed by atoms with Gasteiger partial charge in [-0.3, -0.25) is 9.69 Å². The second-order valence-corrected chi connectivity index (χ2v) is 10.9. The predicted octanol–water partition coefficient (Wildman–Crippen LogP) is 7.02. The summed E-state index contributed by atoms with van der Waals surface area (Å²) in [6.45, 7) is 2.29. The quantitative estimate of drug-likeness (QED) is 0.469. The lowest BCUT2D eigenvalue weighted by atomic mass is 9.70. The Kier molecular flexibility index (Phi) is 8.62. The van der Waals surface area contributed by atoms with E-state index in [0.717, 1.165) is 49.8 Å². The molecule has 3 unspecified atom stereocenters. The van der Waals surface area contributed by atoms with Gasteiger partial charge in [0.05, 0.1) is 0 Å². The van der Waals surface area contributed by atoms with Crippen LogP contribution < -0.4 is 0 Å². The number of hydrogen-bond acceptors (Lipinski definition) is 2. The molecule has 1 aromatic carbocycles. The molecule has 1 aromatic rings. The number of carboxylic acids is 1. The maximum atomic E-state index is 14.3. The molecule has 4 heteroatoms. The van der Waals surface area contributed by atoms with Crippen molar-refractivity contribution in [3.63, 3.8) is 0 Å². The average Bonchev–Trinajstić information content (AvgIpc) is 2.79. The van der Waals surface area contributed by atoms with Crippen molar-refractivity contribution in [2.75, 3.05) is 13.1 Å². The van der Waals surface area contributed by atoms with E-state index in [-0.39, 0.29) is 24.1 Å². The second-order valence-electron chi connectivity index (χ2n) is 10.9. The highest BCUT2D eigenvalue weighted by molar-refractivity contribution is 5.67. The van der Waals surface area contributed by atoms with Gasteiger partial charge in [0.25, 0.3) is 0 Å². The van der Waals surface area contributed by atoms with Crippen LogP contribution in [0.2, 0.25) is 0 Å². The molecule has 3 fully saturated rings. The van der Waals surface area contributed by atoms with Gasteiger partial charge in [-0.2, -0.15) is 0 Å². The lowest BCUT2D eigenvalue weighted by Crippen LogP contribution is -2.48. The maximum absolute atomic E-state index is 14.3. The van der Waals surface area contributed by atoms with Gasteiger partial charge in [0, 0.05) is 31.5 Å². The van der Waals surface area contributed by atoms with Crippen molar-refractivity contribution in [2.45, 2.75) is 102 Å². The van der Waals surface area contributed by atoms with Crippen LogP contribution in [-0.2, 0) is 4.79 Å². The third-order valence-corrected chi connectivity index (χ3v) is 8.57. The van der Waals surface area contributed by atoms with E-state index >= 15 is 0 Å². The Morgan fingerprint density at radius 2 is 1.50 bits per heavy atom. The Morgan fingerprint density at radius 3 is 2.06 bits per heavy atom. The van der Waals surface area contributed by atoms with E-state index in [1.807, 2.05) is 6.07 Å². The molecule has 0 radical (unpaired) electrons. The van der Waals surface area contributed by atoms with E-state index in [4.69, 9.17) is 0 Å². The van der Waals surface area contributed by atoms with Crippen LogP contribution in [0, 0.1) is 23.6 Å². The highest BCUT2D eigenvalue weighted by Gasteiger charge is 2.40. The van der Waals surface area contributed by atoms with Gasteiger partial charge in [0.2, 0.25) is 0 Å². The fourth-order valence-corrected chi connectivity index (χ4v) is 7.08. The largest absolute Gasteiger partial charge is 0.481 e. The molecule has 0 bridgehead atoms. The first-order valence-corrected chi connectivity index (χ1v) is 13.3. The third kappa shape index (κ3) is 6.34. The Labute approximate surface area is 193 Å². The summed E-state index contributed by atoms with van der Waals surface area (Å²) in [6.07, 6.45) is 16.8. The fourth-order valence-electron chi connectivity index (χ4n) is 7.08. The molecule has 0 saturated heterocycles. The molecule has 3 aliphatic carbocycles. The topological polar surface area (TPSA) is 40.5 Å². The van der Waals surface area contributed by atoms with Gasteiger partial charge >= 0.3 is 5.97 Å². The predicted molar refractivity (Wildman–Crippen MR) is 127 cm³/mol. The van der Waals surface area contributed by atoms with E-state index in [1.54, 1.807) is 12.1 Å². The van der Waals surface area contributed by atoms with Crippen LogP contribution in [0.15, 0.2) is 24.3 Å². The molecule has 3 saturated carbocycles. The van der Waals surface area contributed by atoms with Crippen LogP contribution in [0.1, 0.15) is 101 Å². The lowest BCUT2D eigenvalue weighted by molar-refractivity contribution is -0.138. The van der Waals surface area contributed by atoms with Crippen molar-refractivity contribution in [2.24, 2.45) is 17.8 Å². The zero-order chi connectivity index (χ0) is 22.3. The second kappa shape index (κ2) is 11.6. The monoisotopic (exact) mass is 443 g/mol. The SMILES string of the molecule is O=C(O)CC1CCCC(N(CC2CCCCC2)CC2CCCCC2)C1c1cccc(F)c1. The van der Waals surface area contributed by atoms with Crippen molar-refractivity contribution < 1.29 is 14.3 Å². The lowest BCUT2D eigenvalue weighted by Gasteiger charge is -2.47. The number of aliphatic carboxylic acids is 1. The van der Waals surface area contributed by atoms with Crippen molar-refractivity contribution in [1.29, 1.82) is 0 Å². The van der Waals surface area contributed by atoms with Crippen LogP contribution in [0.5, 0.6) is 0 Å². The number of nitrogens with zero attached hydrogens (tertiary/aromatic N) is 1. The molecule has 0 aliphatic heterocycles. The molecular weight excluding hydrogens is 401 g/mol. The van der Waals surface area contributed by atoms with E-state index in [9.17, 15) is 14.3 Å². The average molecular weight is 444 g/mol. The molecule has 3 aliphatic rings. The smallest absolute Gasteiger partial charge is 0.303 e. The molecule has 1 N–H and O–H groups in total. The van der Waals surface area contributed by atoms with Gasteiger partial charge < -0.3 is 5.11 Å². The van der Waals surface area contributed by atoms with E-state index in [2.05, 4.69) is 4.90 Å². The molecule has 0 heterocycles. The first-order valence-electron chi connectivity index (χ1n) is 13.3. The first-order chi connectivity index (χ1) is 15.6. The Hall–Kier alpha value is -1.42. The van der Waals surface area contributed by atoms with Gasteiger partial charge in [-0.1, -0.05) is 57.1 Å². The molecule has 32 heavy (non-hydrogen) atoms. The van der Waals surface area contributed by atoms with Gasteiger partial charge in [0.1, 0.15) is 5.82 Å². The van der Waals surface area contributed by atoms with E-state index in [0.29, 0.717) is 6.04 Å². The molecule has 4 rings (SSSR count). The first kappa shape index (κ1) is 23.7. The molecule has 0 amide bonds. The summed E-state index contributed by atoms with van der Waals surface area (Å²) in [4.78, 5) is 14.5. The van der Waals surface area contributed by atoms with Crippen LogP contribution in [0.3, 0.4) is 0 Å². The number of carbonyl (C=O) groups is 1. The molecule has 0 aromatic heterocycles.